The Morgan fingerprint density at radius 2 is 2.00 bits per heavy atom. The van der Waals surface area contributed by atoms with Gasteiger partial charge in [-0.15, -0.1) is 0 Å². The minimum Gasteiger partial charge on any atom is -0.392 e. The highest BCUT2D eigenvalue weighted by molar-refractivity contribution is 5.14. The molecule has 2 aromatic rings. The van der Waals surface area contributed by atoms with E-state index in [2.05, 4.69) is 23.1 Å². The molecule has 18 heavy (non-hydrogen) atoms. The molecule has 1 atom stereocenters. The van der Waals surface area contributed by atoms with Crippen LogP contribution in [0.1, 0.15) is 23.9 Å². The summed E-state index contributed by atoms with van der Waals surface area (Å²) in [5.41, 5.74) is 3.26. The van der Waals surface area contributed by atoms with Crippen LogP contribution < -0.4 is 0 Å². The Balaban J connectivity index is 1.98. The van der Waals surface area contributed by atoms with E-state index in [1.807, 2.05) is 23.9 Å². The van der Waals surface area contributed by atoms with E-state index in [1.165, 1.54) is 0 Å². The monoisotopic (exact) mass is 245 g/mol. The number of aliphatic hydroxyl groups excluding tert-OH is 1. The second kappa shape index (κ2) is 5.78. The molecule has 4 nitrogen and oxygen atoms in total. The van der Waals surface area contributed by atoms with Crippen LogP contribution in [0.4, 0.5) is 0 Å². The lowest BCUT2D eigenvalue weighted by Crippen LogP contribution is -2.16. The van der Waals surface area contributed by atoms with Crippen LogP contribution in [0.5, 0.6) is 0 Å². The summed E-state index contributed by atoms with van der Waals surface area (Å²) >= 11 is 0. The second-order valence-electron chi connectivity index (χ2n) is 4.52. The molecular formula is C14H19N3O. The minimum absolute atomic E-state index is 0.382. The van der Waals surface area contributed by atoms with Crippen LogP contribution in [0.25, 0.3) is 0 Å². The van der Waals surface area contributed by atoms with E-state index in [0.29, 0.717) is 12.8 Å². The highest BCUT2D eigenvalue weighted by Crippen LogP contribution is 2.10. The molecule has 2 rings (SSSR count). The first-order chi connectivity index (χ1) is 8.69. The van der Waals surface area contributed by atoms with Crippen molar-refractivity contribution >= 4 is 0 Å². The van der Waals surface area contributed by atoms with Crippen LogP contribution in [-0.2, 0) is 26.3 Å². The third-order valence-corrected chi connectivity index (χ3v) is 3.06. The molecule has 0 aromatic carbocycles. The van der Waals surface area contributed by atoms with Gasteiger partial charge in [0.15, 0.2) is 0 Å². The molecule has 0 bridgehead atoms. The van der Waals surface area contributed by atoms with Crippen molar-refractivity contribution in [2.45, 2.75) is 32.3 Å². The summed E-state index contributed by atoms with van der Waals surface area (Å²) in [6, 6.07) is 5.93. The topological polar surface area (TPSA) is 50.9 Å². The van der Waals surface area contributed by atoms with Crippen molar-refractivity contribution in [3.05, 3.63) is 47.5 Å². The number of aliphatic hydroxyl groups is 1. The fraction of sp³-hybridized carbons (Fsp3) is 0.429. The van der Waals surface area contributed by atoms with Crippen molar-refractivity contribution in [3.63, 3.8) is 0 Å². The zero-order valence-electron chi connectivity index (χ0n) is 10.9. The lowest BCUT2D eigenvalue weighted by Gasteiger charge is -2.10. The predicted molar refractivity (Wildman–Crippen MR) is 70.2 cm³/mol. The molecule has 0 aliphatic rings. The Hall–Kier alpha value is -1.68. The Labute approximate surface area is 107 Å². The molecule has 0 aliphatic carbocycles. The number of aromatic nitrogens is 3. The van der Waals surface area contributed by atoms with Crippen LogP contribution in [0.2, 0.25) is 0 Å². The van der Waals surface area contributed by atoms with E-state index in [1.54, 1.807) is 12.4 Å². The standard InChI is InChI=1S/C14H19N3O/c1-3-12-9-13(17(2)16-12)10-14(18)8-11-4-6-15-7-5-11/h4-7,9,14,18H,3,8,10H2,1-2H3. The van der Waals surface area contributed by atoms with Gasteiger partial charge in [-0.3, -0.25) is 9.67 Å². The highest BCUT2D eigenvalue weighted by Gasteiger charge is 2.11. The number of aryl methyl sites for hydroxylation is 2. The van der Waals surface area contributed by atoms with Gasteiger partial charge in [0, 0.05) is 31.6 Å². The summed E-state index contributed by atoms with van der Waals surface area (Å²) in [6.07, 6.45) is 5.32. The summed E-state index contributed by atoms with van der Waals surface area (Å²) in [4.78, 5) is 3.97. The molecule has 2 aromatic heterocycles. The molecule has 0 saturated carbocycles. The summed E-state index contributed by atoms with van der Waals surface area (Å²) in [5.74, 6) is 0. The van der Waals surface area contributed by atoms with Gasteiger partial charge in [-0.05, 0) is 36.6 Å². The fourth-order valence-electron chi connectivity index (χ4n) is 2.04. The molecular weight excluding hydrogens is 226 g/mol. The van der Waals surface area contributed by atoms with Crippen LogP contribution >= 0.6 is 0 Å². The largest absolute Gasteiger partial charge is 0.392 e. The highest BCUT2D eigenvalue weighted by atomic mass is 16.3. The van der Waals surface area contributed by atoms with E-state index in [0.717, 1.165) is 23.4 Å². The minimum atomic E-state index is -0.382. The molecule has 4 heteroatoms. The third-order valence-electron chi connectivity index (χ3n) is 3.06. The van der Waals surface area contributed by atoms with Crippen LogP contribution in [-0.4, -0.2) is 26.0 Å². The lowest BCUT2D eigenvalue weighted by atomic mass is 10.1. The number of hydrogen-bond donors (Lipinski definition) is 1. The maximum absolute atomic E-state index is 10.1. The van der Waals surface area contributed by atoms with E-state index < -0.39 is 0 Å². The Morgan fingerprint density at radius 3 is 2.61 bits per heavy atom. The molecule has 0 saturated heterocycles. The maximum atomic E-state index is 10.1. The molecule has 1 N–H and O–H groups in total. The van der Waals surface area contributed by atoms with Crippen molar-refractivity contribution in [1.29, 1.82) is 0 Å². The predicted octanol–water partition coefficient (Wildman–Crippen LogP) is 1.52. The van der Waals surface area contributed by atoms with Crippen molar-refractivity contribution in [1.82, 2.24) is 14.8 Å². The summed E-state index contributed by atoms with van der Waals surface area (Å²) in [5, 5.41) is 14.5. The first-order valence-corrected chi connectivity index (χ1v) is 6.27. The van der Waals surface area contributed by atoms with Crippen LogP contribution in [0, 0.1) is 0 Å². The number of hydrogen-bond acceptors (Lipinski definition) is 3. The van der Waals surface area contributed by atoms with Crippen LogP contribution in [0.15, 0.2) is 30.6 Å². The summed E-state index contributed by atoms with van der Waals surface area (Å²) in [6.45, 7) is 2.08. The maximum Gasteiger partial charge on any atom is 0.0635 e. The zero-order valence-corrected chi connectivity index (χ0v) is 10.9. The molecule has 2 heterocycles. The second-order valence-corrected chi connectivity index (χ2v) is 4.52. The van der Waals surface area contributed by atoms with Gasteiger partial charge in [-0.25, -0.2) is 0 Å². The van der Waals surface area contributed by atoms with Crippen molar-refractivity contribution in [3.8, 4) is 0 Å². The first kappa shape index (κ1) is 12.8. The lowest BCUT2D eigenvalue weighted by molar-refractivity contribution is 0.173. The molecule has 0 spiro atoms. The number of rotatable bonds is 5. The van der Waals surface area contributed by atoms with Gasteiger partial charge in [0.2, 0.25) is 0 Å². The van der Waals surface area contributed by atoms with Gasteiger partial charge in [0.1, 0.15) is 0 Å². The van der Waals surface area contributed by atoms with E-state index >= 15 is 0 Å². The molecule has 0 amide bonds. The summed E-state index contributed by atoms with van der Waals surface area (Å²) in [7, 11) is 1.92. The first-order valence-electron chi connectivity index (χ1n) is 6.27. The van der Waals surface area contributed by atoms with Gasteiger partial charge < -0.3 is 5.11 Å². The van der Waals surface area contributed by atoms with E-state index in [-0.39, 0.29) is 6.10 Å². The van der Waals surface area contributed by atoms with Gasteiger partial charge in [-0.1, -0.05) is 6.92 Å². The third kappa shape index (κ3) is 3.17. The average Bonchev–Trinajstić information content (AvgIpc) is 2.71. The van der Waals surface area contributed by atoms with Gasteiger partial charge >= 0.3 is 0 Å². The van der Waals surface area contributed by atoms with E-state index in [4.69, 9.17) is 0 Å². The van der Waals surface area contributed by atoms with Gasteiger partial charge in [0.25, 0.3) is 0 Å². The van der Waals surface area contributed by atoms with Gasteiger partial charge in [-0.2, -0.15) is 5.10 Å². The quantitative estimate of drug-likeness (QED) is 0.869. The molecule has 0 fully saturated rings. The fourth-order valence-corrected chi connectivity index (χ4v) is 2.04. The SMILES string of the molecule is CCc1cc(CC(O)Cc2ccncc2)n(C)n1. The van der Waals surface area contributed by atoms with E-state index in [9.17, 15) is 5.11 Å². The van der Waals surface area contributed by atoms with Crippen molar-refractivity contribution in [2.75, 3.05) is 0 Å². The van der Waals surface area contributed by atoms with Crippen molar-refractivity contribution < 1.29 is 5.11 Å². The molecule has 0 radical (unpaired) electrons. The Bertz CT molecular complexity index is 493. The smallest absolute Gasteiger partial charge is 0.0635 e. The van der Waals surface area contributed by atoms with Crippen molar-refractivity contribution in [2.24, 2.45) is 7.05 Å². The Kier molecular flexibility index (Phi) is 4.10. The normalized spacial score (nSPS) is 12.6. The number of pyridine rings is 1. The number of nitrogens with zero attached hydrogens (tertiary/aromatic N) is 3. The zero-order chi connectivity index (χ0) is 13.0. The average molecular weight is 245 g/mol. The van der Waals surface area contributed by atoms with Gasteiger partial charge in [0.05, 0.1) is 11.8 Å². The molecule has 0 aliphatic heterocycles. The Morgan fingerprint density at radius 1 is 1.28 bits per heavy atom. The van der Waals surface area contributed by atoms with Crippen LogP contribution in [0.3, 0.4) is 0 Å². The molecule has 96 valence electrons. The molecule has 1 unspecified atom stereocenters. The summed E-state index contributed by atoms with van der Waals surface area (Å²) < 4.78 is 1.86.